The first kappa shape index (κ1) is 21.7. The monoisotopic (exact) mass is 442 g/mol. The number of hydrogen-bond donors (Lipinski definition) is 3. The number of rotatable bonds is 7. The van der Waals surface area contributed by atoms with E-state index in [-0.39, 0.29) is 42.6 Å². The van der Waals surface area contributed by atoms with E-state index in [1.165, 1.54) is 19.3 Å². The van der Waals surface area contributed by atoms with Crippen LogP contribution in [0.4, 0.5) is 5.69 Å². The average molecular weight is 443 g/mol. The van der Waals surface area contributed by atoms with Crippen LogP contribution in [0.15, 0.2) is 18.2 Å². The molecule has 0 spiro atoms. The van der Waals surface area contributed by atoms with Gasteiger partial charge in [0.1, 0.15) is 18.0 Å². The lowest BCUT2D eigenvalue weighted by Crippen LogP contribution is -2.48. The van der Waals surface area contributed by atoms with Crippen molar-refractivity contribution < 1.29 is 24.2 Å². The molecule has 7 heteroatoms. The molecule has 4 aliphatic rings. The summed E-state index contributed by atoms with van der Waals surface area (Å²) in [5, 5.41) is 16.1. The summed E-state index contributed by atoms with van der Waals surface area (Å²) in [5.41, 5.74) is 1.80. The maximum absolute atomic E-state index is 12.6. The third kappa shape index (κ3) is 4.94. The molecule has 2 aliphatic heterocycles. The summed E-state index contributed by atoms with van der Waals surface area (Å²) in [6.07, 6.45) is 8.53. The van der Waals surface area contributed by atoms with Gasteiger partial charge in [-0.1, -0.05) is 19.3 Å². The van der Waals surface area contributed by atoms with E-state index in [2.05, 4.69) is 10.6 Å². The van der Waals surface area contributed by atoms with Crippen LogP contribution in [0.25, 0.3) is 0 Å². The van der Waals surface area contributed by atoms with Gasteiger partial charge in [-0.25, -0.2) is 0 Å². The van der Waals surface area contributed by atoms with Gasteiger partial charge >= 0.3 is 0 Å². The van der Waals surface area contributed by atoms with Crippen LogP contribution in [0.3, 0.4) is 0 Å². The summed E-state index contributed by atoms with van der Waals surface area (Å²) in [7, 11) is 0. The van der Waals surface area contributed by atoms with Gasteiger partial charge in [0.2, 0.25) is 11.8 Å². The summed E-state index contributed by atoms with van der Waals surface area (Å²) in [4.78, 5) is 24.9. The molecule has 2 heterocycles. The van der Waals surface area contributed by atoms with Gasteiger partial charge in [0.25, 0.3) is 0 Å². The number of aliphatic hydroxyl groups is 1. The number of hydrogen-bond acceptors (Lipinski definition) is 5. The van der Waals surface area contributed by atoms with Gasteiger partial charge in [0.15, 0.2) is 0 Å². The molecule has 4 atom stereocenters. The van der Waals surface area contributed by atoms with Gasteiger partial charge < -0.3 is 25.2 Å². The lowest BCUT2D eigenvalue weighted by atomic mass is 9.84. The van der Waals surface area contributed by atoms with Crippen LogP contribution in [-0.2, 0) is 14.3 Å². The van der Waals surface area contributed by atoms with Crippen LogP contribution < -0.4 is 15.4 Å². The summed E-state index contributed by atoms with van der Waals surface area (Å²) in [6.45, 7) is -0.152. The standard InChI is InChI=1S/C25H34N2O5/c28-14-22-25-20(12-18(31-22)13-24(30)26-16-4-2-1-3-5-16)19-11-17(8-9-21(19)32-25)27-23(29)10-15-6-7-15/h8-9,11,15-16,18,20,22,25,28H,1-7,10,12-14H2,(H,26,30)(H,27,29)/t18-,20-,22+,25+/m0/s1. The molecule has 0 bridgehead atoms. The molecule has 174 valence electrons. The largest absolute Gasteiger partial charge is 0.487 e. The average Bonchev–Trinajstić information content (AvgIpc) is 3.52. The quantitative estimate of drug-likeness (QED) is 0.602. The molecule has 0 radical (unpaired) electrons. The molecule has 0 unspecified atom stereocenters. The van der Waals surface area contributed by atoms with Crippen molar-refractivity contribution in [1.82, 2.24) is 5.32 Å². The van der Waals surface area contributed by atoms with Crippen molar-refractivity contribution in [2.24, 2.45) is 5.92 Å². The van der Waals surface area contributed by atoms with Crippen LogP contribution in [0.1, 0.15) is 75.7 Å². The first-order chi connectivity index (χ1) is 15.6. The Morgan fingerprint density at radius 3 is 2.59 bits per heavy atom. The highest BCUT2D eigenvalue weighted by Gasteiger charge is 2.46. The van der Waals surface area contributed by atoms with Crippen LogP contribution >= 0.6 is 0 Å². The summed E-state index contributed by atoms with van der Waals surface area (Å²) in [6, 6.07) is 6.02. The van der Waals surface area contributed by atoms with Gasteiger partial charge in [-0.05, 0) is 56.2 Å². The summed E-state index contributed by atoms with van der Waals surface area (Å²) in [5.74, 6) is 1.43. The van der Waals surface area contributed by atoms with Crippen LogP contribution in [0.2, 0.25) is 0 Å². The molecule has 1 saturated heterocycles. The Morgan fingerprint density at radius 1 is 1.03 bits per heavy atom. The Labute approximate surface area is 189 Å². The number of amides is 2. The Kier molecular flexibility index (Phi) is 6.37. The van der Waals surface area contributed by atoms with Crippen molar-refractivity contribution in [1.29, 1.82) is 0 Å². The molecule has 1 aromatic rings. The molecule has 2 amide bonds. The maximum Gasteiger partial charge on any atom is 0.224 e. The van der Waals surface area contributed by atoms with Crippen molar-refractivity contribution in [3.05, 3.63) is 23.8 Å². The second-order valence-electron chi connectivity index (χ2n) is 9.96. The van der Waals surface area contributed by atoms with Crippen LogP contribution in [0, 0.1) is 5.92 Å². The number of anilines is 1. The number of benzene rings is 1. The molecule has 7 nitrogen and oxygen atoms in total. The number of carbonyl (C=O) groups excluding carboxylic acids is 2. The minimum Gasteiger partial charge on any atom is -0.487 e. The second kappa shape index (κ2) is 9.40. The summed E-state index contributed by atoms with van der Waals surface area (Å²) >= 11 is 0. The minimum absolute atomic E-state index is 0.0252. The molecular formula is C25H34N2O5. The van der Waals surface area contributed by atoms with E-state index < -0.39 is 6.10 Å². The highest BCUT2D eigenvalue weighted by Crippen LogP contribution is 2.47. The zero-order chi connectivity index (χ0) is 22.1. The van der Waals surface area contributed by atoms with E-state index in [0.717, 1.165) is 42.7 Å². The minimum atomic E-state index is -0.471. The van der Waals surface area contributed by atoms with E-state index in [4.69, 9.17) is 9.47 Å². The number of fused-ring (bicyclic) bond motifs is 3. The van der Waals surface area contributed by atoms with Crippen LogP contribution in [-0.4, -0.2) is 47.9 Å². The summed E-state index contributed by atoms with van der Waals surface area (Å²) < 4.78 is 12.2. The van der Waals surface area contributed by atoms with Crippen molar-refractivity contribution in [3.8, 4) is 5.75 Å². The molecule has 2 aliphatic carbocycles. The highest BCUT2D eigenvalue weighted by molar-refractivity contribution is 5.91. The van der Waals surface area contributed by atoms with E-state index in [1.807, 2.05) is 18.2 Å². The SMILES string of the molecule is O=C(CC1CC1)Nc1ccc2c(c1)[C@@H]1C[C@@H](CC(=O)NC3CCCCC3)O[C@H](CO)[C@@H]1O2. The van der Waals surface area contributed by atoms with E-state index in [0.29, 0.717) is 25.2 Å². The first-order valence-electron chi connectivity index (χ1n) is 12.2. The fourth-order valence-electron chi connectivity index (χ4n) is 5.50. The molecule has 3 N–H and O–H groups in total. The van der Waals surface area contributed by atoms with Gasteiger partial charge in [0, 0.05) is 29.6 Å². The molecule has 2 saturated carbocycles. The van der Waals surface area contributed by atoms with Gasteiger partial charge in [-0.2, -0.15) is 0 Å². The fourth-order valence-corrected chi connectivity index (χ4v) is 5.50. The van der Waals surface area contributed by atoms with Crippen LogP contribution in [0.5, 0.6) is 5.75 Å². The van der Waals surface area contributed by atoms with Crippen molar-refractivity contribution >= 4 is 17.5 Å². The van der Waals surface area contributed by atoms with Gasteiger partial charge in [-0.15, -0.1) is 0 Å². The molecular weight excluding hydrogens is 408 g/mol. The fraction of sp³-hybridized carbons (Fsp3) is 0.680. The maximum atomic E-state index is 12.6. The van der Waals surface area contributed by atoms with E-state index >= 15 is 0 Å². The van der Waals surface area contributed by atoms with E-state index in [9.17, 15) is 14.7 Å². The number of ether oxygens (including phenoxy) is 2. The van der Waals surface area contributed by atoms with Gasteiger partial charge in [0.05, 0.1) is 19.1 Å². The normalized spacial score (nSPS) is 29.5. The Hall–Kier alpha value is -2.12. The zero-order valence-electron chi connectivity index (χ0n) is 18.6. The second-order valence-corrected chi connectivity index (χ2v) is 9.96. The molecule has 32 heavy (non-hydrogen) atoms. The molecule has 5 rings (SSSR count). The topological polar surface area (TPSA) is 96.9 Å². The molecule has 3 fully saturated rings. The lowest BCUT2D eigenvalue weighted by molar-refractivity contribution is -0.142. The number of aliphatic hydroxyl groups excluding tert-OH is 1. The third-order valence-electron chi connectivity index (χ3n) is 7.34. The van der Waals surface area contributed by atoms with E-state index in [1.54, 1.807) is 0 Å². The Bertz CT molecular complexity index is 849. The lowest BCUT2D eigenvalue weighted by Gasteiger charge is -2.37. The number of nitrogens with one attached hydrogen (secondary N) is 2. The smallest absolute Gasteiger partial charge is 0.224 e. The van der Waals surface area contributed by atoms with Gasteiger partial charge in [-0.3, -0.25) is 9.59 Å². The van der Waals surface area contributed by atoms with Crippen molar-refractivity contribution in [2.45, 2.75) is 94.5 Å². The number of carbonyl (C=O) groups is 2. The van der Waals surface area contributed by atoms with Crippen molar-refractivity contribution in [3.63, 3.8) is 0 Å². The third-order valence-corrected chi connectivity index (χ3v) is 7.34. The zero-order valence-corrected chi connectivity index (χ0v) is 18.6. The Morgan fingerprint density at radius 2 is 1.84 bits per heavy atom. The molecule has 0 aromatic heterocycles. The van der Waals surface area contributed by atoms with Crippen molar-refractivity contribution in [2.75, 3.05) is 11.9 Å². The predicted octanol–water partition coefficient (Wildman–Crippen LogP) is 3.26. The molecule has 1 aromatic carbocycles. The Balaban J connectivity index is 1.24. The highest BCUT2D eigenvalue weighted by atomic mass is 16.6. The first-order valence-corrected chi connectivity index (χ1v) is 12.2. The predicted molar refractivity (Wildman–Crippen MR) is 120 cm³/mol.